The van der Waals surface area contributed by atoms with Crippen LogP contribution in [-0.2, 0) is 0 Å². The fraction of sp³-hybridized carbons (Fsp3) is 0.455. The lowest BCUT2D eigenvalue weighted by Crippen LogP contribution is -2.36. The largest absolute Gasteiger partial charge is 0.405 e. The molecule has 1 rings (SSSR count). The van der Waals surface area contributed by atoms with Crippen molar-refractivity contribution in [1.29, 1.82) is 0 Å². The second kappa shape index (κ2) is 5.87. The molecule has 0 fully saturated rings. The summed E-state index contributed by atoms with van der Waals surface area (Å²) in [6.45, 7) is -0.361. The van der Waals surface area contributed by atoms with E-state index in [1.54, 1.807) is 0 Å². The van der Waals surface area contributed by atoms with Crippen molar-refractivity contribution >= 4 is 11.4 Å². The van der Waals surface area contributed by atoms with Crippen LogP contribution in [0.4, 0.5) is 24.5 Å². The molecule has 0 aliphatic heterocycles. The number of nitro groups is 1. The van der Waals surface area contributed by atoms with Gasteiger partial charge in [-0.1, -0.05) is 0 Å². The van der Waals surface area contributed by atoms with Crippen molar-refractivity contribution in [3.63, 3.8) is 0 Å². The molecule has 0 amide bonds. The predicted octanol–water partition coefficient (Wildman–Crippen LogP) is 2.26. The maximum Gasteiger partial charge on any atom is 0.405 e. The Hall–Kier alpha value is -1.83. The molecule has 1 aromatic carbocycles. The number of nitrogens with zero attached hydrogens (tertiary/aromatic N) is 2. The van der Waals surface area contributed by atoms with Crippen LogP contribution < -0.4 is 4.90 Å². The van der Waals surface area contributed by atoms with Gasteiger partial charge in [-0.25, -0.2) is 0 Å². The minimum atomic E-state index is -4.41. The average Bonchev–Trinajstić information content (AvgIpc) is 2.26. The van der Waals surface area contributed by atoms with Gasteiger partial charge in [0, 0.05) is 24.4 Å². The van der Waals surface area contributed by atoms with Gasteiger partial charge < -0.3 is 10.0 Å². The minimum Gasteiger partial charge on any atom is -0.395 e. The molecule has 0 bridgehead atoms. The standard InChI is InChI=1S/C11H13F3N2O3/c1-8-6-9(16(18)19)2-3-10(8)15(4-5-17)7-11(12,13)14/h2-3,6,17H,4-5,7H2,1H3. The molecule has 8 heteroatoms. The molecule has 0 unspecified atom stereocenters. The molecular weight excluding hydrogens is 265 g/mol. The number of aliphatic hydroxyl groups is 1. The van der Waals surface area contributed by atoms with E-state index >= 15 is 0 Å². The number of aliphatic hydroxyl groups excluding tert-OH is 1. The number of nitro benzene ring substituents is 1. The highest BCUT2D eigenvalue weighted by atomic mass is 19.4. The molecule has 106 valence electrons. The van der Waals surface area contributed by atoms with E-state index in [1.165, 1.54) is 19.1 Å². The third-order valence-electron chi connectivity index (χ3n) is 2.47. The van der Waals surface area contributed by atoms with Crippen molar-refractivity contribution in [1.82, 2.24) is 0 Å². The number of hydrogen-bond acceptors (Lipinski definition) is 4. The summed E-state index contributed by atoms with van der Waals surface area (Å²) in [5, 5.41) is 19.4. The molecule has 19 heavy (non-hydrogen) atoms. The summed E-state index contributed by atoms with van der Waals surface area (Å²) in [5.41, 5.74) is 0.390. The summed E-state index contributed by atoms with van der Waals surface area (Å²) < 4.78 is 37.3. The molecule has 1 N–H and O–H groups in total. The first kappa shape index (κ1) is 15.2. The molecule has 0 spiro atoms. The van der Waals surface area contributed by atoms with Crippen LogP contribution in [0.3, 0.4) is 0 Å². The lowest BCUT2D eigenvalue weighted by atomic mass is 10.1. The fourth-order valence-corrected chi connectivity index (χ4v) is 1.73. The number of alkyl halides is 3. The summed E-state index contributed by atoms with van der Waals surface area (Å²) in [7, 11) is 0. The van der Waals surface area contributed by atoms with Crippen molar-refractivity contribution in [3.05, 3.63) is 33.9 Å². The van der Waals surface area contributed by atoms with Crippen molar-refractivity contribution < 1.29 is 23.2 Å². The number of benzene rings is 1. The molecule has 0 aromatic heterocycles. The lowest BCUT2D eigenvalue weighted by Gasteiger charge is -2.26. The summed E-state index contributed by atoms with van der Waals surface area (Å²) >= 11 is 0. The molecular formula is C11H13F3N2O3. The van der Waals surface area contributed by atoms with Gasteiger partial charge in [0.15, 0.2) is 0 Å². The lowest BCUT2D eigenvalue weighted by molar-refractivity contribution is -0.384. The van der Waals surface area contributed by atoms with E-state index in [-0.39, 0.29) is 17.9 Å². The number of halogens is 3. The van der Waals surface area contributed by atoms with Crippen LogP contribution >= 0.6 is 0 Å². The Morgan fingerprint density at radius 2 is 2.05 bits per heavy atom. The van der Waals surface area contributed by atoms with Gasteiger partial charge in [0.25, 0.3) is 5.69 Å². The number of rotatable bonds is 5. The molecule has 0 aliphatic carbocycles. The number of aryl methyl sites for hydroxylation is 1. The van der Waals surface area contributed by atoms with Gasteiger partial charge in [0.05, 0.1) is 11.5 Å². The van der Waals surface area contributed by atoms with E-state index in [9.17, 15) is 23.3 Å². The first-order valence-electron chi connectivity index (χ1n) is 5.42. The first-order valence-corrected chi connectivity index (χ1v) is 5.42. The van der Waals surface area contributed by atoms with Crippen LogP contribution in [0.5, 0.6) is 0 Å². The van der Waals surface area contributed by atoms with Gasteiger partial charge in [0.1, 0.15) is 6.54 Å². The van der Waals surface area contributed by atoms with E-state index in [4.69, 9.17) is 5.11 Å². The Morgan fingerprint density at radius 1 is 1.42 bits per heavy atom. The zero-order valence-corrected chi connectivity index (χ0v) is 10.1. The molecule has 0 atom stereocenters. The van der Waals surface area contributed by atoms with Crippen molar-refractivity contribution in [3.8, 4) is 0 Å². The Labute approximate surface area is 107 Å². The van der Waals surface area contributed by atoms with Crippen molar-refractivity contribution in [2.45, 2.75) is 13.1 Å². The van der Waals surface area contributed by atoms with Gasteiger partial charge >= 0.3 is 6.18 Å². The second-order valence-electron chi connectivity index (χ2n) is 3.99. The SMILES string of the molecule is Cc1cc([N+](=O)[O-])ccc1N(CCO)CC(F)(F)F. The third kappa shape index (κ3) is 4.40. The van der Waals surface area contributed by atoms with Crippen LogP contribution in [0.25, 0.3) is 0 Å². The molecule has 0 saturated heterocycles. The van der Waals surface area contributed by atoms with E-state index in [0.29, 0.717) is 5.56 Å². The van der Waals surface area contributed by atoms with Gasteiger partial charge in [-0.15, -0.1) is 0 Å². The fourth-order valence-electron chi connectivity index (χ4n) is 1.73. The van der Waals surface area contributed by atoms with Crippen LogP contribution in [0, 0.1) is 17.0 Å². The van der Waals surface area contributed by atoms with Crippen molar-refractivity contribution in [2.75, 3.05) is 24.6 Å². The zero-order chi connectivity index (χ0) is 14.6. The van der Waals surface area contributed by atoms with E-state index in [2.05, 4.69) is 0 Å². The highest BCUT2D eigenvalue weighted by Gasteiger charge is 2.31. The van der Waals surface area contributed by atoms with Gasteiger partial charge in [-0.05, 0) is 18.6 Å². The Morgan fingerprint density at radius 3 is 2.47 bits per heavy atom. The molecule has 1 aromatic rings. The molecule has 0 saturated carbocycles. The summed E-state index contributed by atoms with van der Waals surface area (Å²) in [5.74, 6) is 0. The van der Waals surface area contributed by atoms with Crippen LogP contribution in [-0.4, -0.2) is 35.9 Å². The van der Waals surface area contributed by atoms with Crippen LogP contribution in [0.2, 0.25) is 0 Å². The van der Waals surface area contributed by atoms with Crippen LogP contribution in [0.15, 0.2) is 18.2 Å². The highest BCUT2D eigenvalue weighted by molar-refractivity contribution is 5.57. The third-order valence-corrected chi connectivity index (χ3v) is 2.47. The average molecular weight is 278 g/mol. The predicted molar refractivity (Wildman–Crippen MR) is 63.2 cm³/mol. The van der Waals surface area contributed by atoms with Gasteiger partial charge in [-0.2, -0.15) is 13.2 Å². The maximum absolute atomic E-state index is 12.4. The van der Waals surface area contributed by atoms with Crippen LogP contribution in [0.1, 0.15) is 5.56 Å². The Bertz CT molecular complexity index is 463. The summed E-state index contributed by atoms with van der Waals surface area (Å²) in [6.07, 6.45) is -4.41. The monoisotopic (exact) mass is 278 g/mol. The number of anilines is 1. The van der Waals surface area contributed by atoms with E-state index < -0.39 is 24.3 Å². The highest BCUT2D eigenvalue weighted by Crippen LogP contribution is 2.27. The smallest absolute Gasteiger partial charge is 0.395 e. The van der Waals surface area contributed by atoms with E-state index in [0.717, 1.165) is 11.0 Å². The number of non-ortho nitro benzene ring substituents is 1. The van der Waals surface area contributed by atoms with Crippen molar-refractivity contribution in [2.24, 2.45) is 0 Å². The van der Waals surface area contributed by atoms with E-state index in [1.807, 2.05) is 0 Å². The zero-order valence-electron chi connectivity index (χ0n) is 10.1. The molecule has 0 radical (unpaired) electrons. The Kier molecular flexibility index (Phi) is 4.71. The normalized spacial score (nSPS) is 11.4. The second-order valence-corrected chi connectivity index (χ2v) is 3.99. The Balaban J connectivity index is 3.06. The molecule has 0 heterocycles. The number of hydrogen-bond donors (Lipinski definition) is 1. The molecule has 0 aliphatic rings. The summed E-state index contributed by atoms with van der Waals surface area (Å²) in [4.78, 5) is 10.9. The quantitative estimate of drug-likeness (QED) is 0.662. The maximum atomic E-state index is 12.4. The van der Waals surface area contributed by atoms with Gasteiger partial charge in [-0.3, -0.25) is 10.1 Å². The first-order chi connectivity index (χ1) is 8.74. The van der Waals surface area contributed by atoms with Gasteiger partial charge in [0.2, 0.25) is 0 Å². The minimum absolute atomic E-state index is 0.183. The summed E-state index contributed by atoms with van der Waals surface area (Å²) in [6, 6.07) is 3.61. The topological polar surface area (TPSA) is 66.6 Å². The molecule has 5 nitrogen and oxygen atoms in total.